The molecule has 444 valence electrons. The minimum atomic E-state index is -4.90. The van der Waals surface area contributed by atoms with Gasteiger partial charge in [0.2, 0.25) is 11.0 Å². The minimum absolute atomic E-state index is 0.00175. The van der Waals surface area contributed by atoms with E-state index in [1.165, 1.54) is 34.7 Å². The second kappa shape index (κ2) is 26.9. The van der Waals surface area contributed by atoms with Gasteiger partial charge in [0, 0.05) is 27.5 Å². The lowest BCUT2D eigenvalue weighted by molar-refractivity contribution is 0.282. The molecule has 84 heavy (non-hydrogen) atoms. The molecule has 0 aliphatic carbocycles. The number of rotatable bonds is 19. The molecule has 0 bridgehead atoms. The Morgan fingerprint density at radius 2 is 1.33 bits per heavy atom. The van der Waals surface area contributed by atoms with Gasteiger partial charge in [-0.3, -0.25) is 22.6 Å². The van der Waals surface area contributed by atoms with E-state index in [4.69, 9.17) is 30.0 Å². The van der Waals surface area contributed by atoms with Crippen LogP contribution in [0.15, 0.2) is 112 Å². The highest BCUT2D eigenvalue weighted by Crippen LogP contribution is 2.44. The fraction of sp³-hybridized carbons (Fsp3) is 0.222. The number of thioether (sulfide) groups is 1. The maximum Gasteiger partial charge on any atom is 0.425 e. The summed E-state index contributed by atoms with van der Waals surface area (Å²) in [4.78, 5) is 8.03. The van der Waals surface area contributed by atoms with Crippen LogP contribution >= 0.6 is 23.1 Å². The molecular formula is C45H40N10O21S8. The van der Waals surface area contributed by atoms with E-state index in [-0.39, 0.29) is 114 Å². The van der Waals surface area contributed by atoms with Gasteiger partial charge in [0.15, 0.2) is 11.3 Å². The summed E-state index contributed by atoms with van der Waals surface area (Å²) in [6.45, 7) is 4.14. The van der Waals surface area contributed by atoms with Crippen LogP contribution in [0.2, 0.25) is 0 Å². The molecule has 8 aromatic rings. The number of aryl methyl sites for hydroxylation is 2. The molecule has 8 rings (SSSR count). The molecule has 3 aromatic heterocycles. The number of imidazole rings is 1. The number of thiazole rings is 1. The third-order valence-electron chi connectivity index (χ3n) is 11.3. The van der Waals surface area contributed by atoms with Crippen LogP contribution in [0.3, 0.4) is 0 Å². The number of ether oxygens (including phenoxy) is 1. The first-order valence-corrected chi connectivity index (χ1v) is 32.8. The van der Waals surface area contributed by atoms with Gasteiger partial charge in [-0.1, -0.05) is 29.5 Å². The number of hydrogen-bond acceptors (Lipinski definition) is 28. The predicted molar refractivity (Wildman–Crippen MR) is 299 cm³/mol. The first-order chi connectivity index (χ1) is 39.2. The molecule has 0 saturated carbocycles. The van der Waals surface area contributed by atoms with E-state index in [1.54, 1.807) is 26.0 Å². The number of hydrogen-bond donors (Lipinski definition) is 6. The van der Waals surface area contributed by atoms with E-state index < -0.39 is 89.6 Å². The molecule has 0 aliphatic rings. The zero-order valence-electron chi connectivity index (χ0n) is 42.8. The largest absolute Gasteiger partial charge is 0.493 e. The standard InChI is InChI=1S/C45H40N10O15S6.2O3S/c1-23-7-4-8-35-39(23)47-43-30(21-46)25(3)40(44(57)55(35)43)53-51-33-15-24(2)31(19-36(33)70-11-5-13-73(58,59)60)49-52-34-16-27(22-56)32(20-37(34)71-12-6-14-74(61,62)63)50-54-45-48-41-38(76(67,68)69)17-26-9-10-28(75(64,65)66)18-29(26)42(41)72-45;2*1-4(2)3/h4,7-10,15-20,56-57H,5-6,11-14,22H2,1-3H3,(H,58,59,60)(H,61,62,63)(H,64,65,66)(H,67,68,69);;. The number of aromatic hydroxyl groups is 1. The summed E-state index contributed by atoms with van der Waals surface area (Å²) < 4.78 is 192. The van der Waals surface area contributed by atoms with Crippen molar-refractivity contribution in [3.8, 4) is 17.7 Å². The summed E-state index contributed by atoms with van der Waals surface area (Å²) in [6.07, 6.45) is -0.177. The lowest BCUT2D eigenvalue weighted by Gasteiger charge is -2.12. The number of para-hydroxylation sites is 1. The molecule has 0 amide bonds. The first kappa shape index (κ1) is 65.4. The third-order valence-corrected chi connectivity index (χ3v) is 16.8. The Kier molecular flexibility index (Phi) is 20.9. The van der Waals surface area contributed by atoms with Gasteiger partial charge >= 0.3 is 21.2 Å². The van der Waals surface area contributed by atoms with Crippen LogP contribution in [0.4, 0.5) is 33.6 Å². The Hall–Kier alpha value is -7.72. The maximum absolute atomic E-state index is 12.5. The van der Waals surface area contributed by atoms with Crippen molar-refractivity contribution in [2.24, 2.45) is 30.7 Å². The molecule has 3 heterocycles. The summed E-state index contributed by atoms with van der Waals surface area (Å²) in [5, 5.41) is 58.5. The molecular weight excluding hydrogens is 1270 g/mol. The zero-order chi connectivity index (χ0) is 62.2. The van der Waals surface area contributed by atoms with E-state index in [2.05, 4.69) is 46.7 Å². The molecule has 31 nitrogen and oxygen atoms in total. The molecule has 0 radical (unpaired) electrons. The van der Waals surface area contributed by atoms with Gasteiger partial charge in [0.25, 0.3) is 40.5 Å². The molecule has 39 heteroatoms. The van der Waals surface area contributed by atoms with E-state index in [0.717, 1.165) is 46.9 Å². The molecule has 0 unspecified atom stereocenters. The molecule has 0 saturated heterocycles. The molecule has 0 fully saturated rings. The molecule has 5 aromatic carbocycles. The van der Waals surface area contributed by atoms with Gasteiger partial charge in [0.05, 0.1) is 62.4 Å². The number of nitriles is 1. The van der Waals surface area contributed by atoms with Crippen LogP contribution in [0.25, 0.3) is 37.7 Å². The number of aromatic nitrogens is 3. The van der Waals surface area contributed by atoms with Gasteiger partial charge < -0.3 is 14.9 Å². The monoisotopic (exact) mass is 1310 g/mol. The number of aliphatic hydroxyl groups is 1. The topological polar surface area (TPSA) is 498 Å². The van der Waals surface area contributed by atoms with Crippen molar-refractivity contribution >= 4 is 156 Å². The average molecular weight is 1310 g/mol. The van der Waals surface area contributed by atoms with E-state index in [0.29, 0.717) is 21.5 Å². The fourth-order valence-electron chi connectivity index (χ4n) is 7.69. The number of nitrogens with zero attached hydrogens (tertiary/aromatic N) is 10. The second-order valence-corrected chi connectivity index (χ2v) is 26.0. The third kappa shape index (κ3) is 16.8. The summed E-state index contributed by atoms with van der Waals surface area (Å²) in [7, 11) is -24.5. The van der Waals surface area contributed by atoms with Crippen molar-refractivity contribution in [3.05, 3.63) is 94.5 Å². The number of azo groups is 3. The summed E-state index contributed by atoms with van der Waals surface area (Å²) in [6, 6.07) is 17.7. The van der Waals surface area contributed by atoms with Gasteiger partial charge in [-0.2, -0.15) is 44.0 Å². The van der Waals surface area contributed by atoms with Gasteiger partial charge in [-0.15, -0.1) is 62.6 Å². The fourth-order valence-corrected chi connectivity index (χ4v) is 12.0. The minimum Gasteiger partial charge on any atom is -0.493 e. The van der Waals surface area contributed by atoms with Gasteiger partial charge in [0.1, 0.15) is 33.5 Å². The Balaban J connectivity index is 0.00000133. The van der Waals surface area contributed by atoms with Crippen LogP contribution in [0.1, 0.15) is 40.7 Å². The number of benzene rings is 5. The second-order valence-electron chi connectivity index (χ2n) is 17.1. The van der Waals surface area contributed by atoms with Crippen LogP contribution in [0.5, 0.6) is 11.6 Å². The van der Waals surface area contributed by atoms with Crippen LogP contribution in [0, 0.1) is 32.1 Å². The number of fused-ring (bicyclic) bond motifs is 6. The zero-order valence-corrected chi connectivity index (χ0v) is 49.4. The van der Waals surface area contributed by atoms with Crippen molar-refractivity contribution in [3.63, 3.8) is 0 Å². The van der Waals surface area contributed by atoms with E-state index in [9.17, 15) is 67.4 Å². The lowest BCUT2D eigenvalue weighted by atomic mass is 10.1. The lowest BCUT2D eigenvalue weighted by Crippen LogP contribution is -2.08. The van der Waals surface area contributed by atoms with Gasteiger partial charge in [-0.25, -0.2) is 9.97 Å². The van der Waals surface area contributed by atoms with Crippen LogP contribution < -0.4 is 4.74 Å². The van der Waals surface area contributed by atoms with Crippen molar-refractivity contribution in [1.29, 1.82) is 5.26 Å². The SMILES string of the molecule is Cc1cc(N=Nc2c(C)c(C#N)c3nc4c(C)cccc4n3c2O)c(OCCCS(=O)(=O)O)cc1N=Nc1cc(CO)c(N=Nc2nc3c(S(=O)(=O)O)cc4ccc(S(=O)(=O)O)cc4c3s2)cc1SCCCS(=O)(=O)O.O=S(=O)=O.O=S(=O)=O. The summed E-state index contributed by atoms with van der Waals surface area (Å²) >= 11 is 1.84. The average Bonchev–Trinajstić information content (AvgIpc) is 2.67. The number of aliphatic hydroxyl groups excluding tert-OH is 1. The van der Waals surface area contributed by atoms with Gasteiger partial charge in [-0.05, 0) is 98.3 Å². The van der Waals surface area contributed by atoms with Crippen LogP contribution in [-0.4, -0.2) is 126 Å². The molecule has 0 aliphatic heterocycles. The smallest absolute Gasteiger partial charge is 0.425 e. The first-order valence-electron chi connectivity index (χ1n) is 22.9. The highest BCUT2D eigenvalue weighted by atomic mass is 32.2. The summed E-state index contributed by atoms with van der Waals surface area (Å²) in [5.74, 6) is -1.48. The van der Waals surface area contributed by atoms with Crippen molar-refractivity contribution in [2.75, 3.05) is 23.9 Å². The van der Waals surface area contributed by atoms with Crippen molar-refractivity contribution < 1.29 is 92.1 Å². The molecule has 0 atom stereocenters. The van der Waals surface area contributed by atoms with E-state index >= 15 is 0 Å². The Bertz CT molecular complexity index is 4780. The van der Waals surface area contributed by atoms with E-state index in [1.807, 2.05) is 13.0 Å². The predicted octanol–water partition coefficient (Wildman–Crippen LogP) is 8.00. The summed E-state index contributed by atoms with van der Waals surface area (Å²) in [5.41, 5.74) is 3.06. The highest BCUT2D eigenvalue weighted by Gasteiger charge is 2.24. The van der Waals surface area contributed by atoms with Crippen molar-refractivity contribution in [2.45, 2.75) is 54.9 Å². The quantitative estimate of drug-likeness (QED) is 0.0193. The molecule has 0 spiro atoms. The Morgan fingerprint density at radius 1 is 0.702 bits per heavy atom. The Morgan fingerprint density at radius 3 is 1.95 bits per heavy atom. The molecule has 6 N–H and O–H groups in total. The maximum atomic E-state index is 12.5. The highest BCUT2D eigenvalue weighted by molar-refractivity contribution is 7.99. The van der Waals surface area contributed by atoms with Crippen molar-refractivity contribution in [1.82, 2.24) is 14.4 Å². The Labute approximate surface area is 486 Å². The van der Waals surface area contributed by atoms with Crippen LogP contribution in [-0.2, 0) is 68.3 Å². The number of pyridine rings is 1. The normalized spacial score (nSPS) is 12.3.